The molecule has 0 bridgehead atoms. The molecule has 1 atom stereocenters. The Hall–Kier alpha value is -3.26. The van der Waals surface area contributed by atoms with E-state index in [9.17, 15) is 9.59 Å². The number of piperidine rings is 1. The molecule has 1 saturated heterocycles. The zero-order chi connectivity index (χ0) is 22.3. The molecule has 2 amide bonds. The Balaban J connectivity index is 1.35. The van der Waals surface area contributed by atoms with Crippen molar-refractivity contribution in [2.45, 2.75) is 25.3 Å². The number of nitrogens with zero attached hydrogens (tertiary/aromatic N) is 1. The third-order valence-electron chi connectivity index (χ3n) is 5.87. The molecule has 170 valence electrons. The van der Waals surface area contributed by atoms with Gasteiger partial charge in [0.05, 0.1) is 19.7 Å². The van der Waals surface area contributed by atoms with Gasteiger partial charge in [0.2, 0.25) is 12.7 Å². The summed E-state index contributed by atoms with van der Waals surface area (Å²) >= 11 is 0. The highest BCUT2D eigenvalue weighted by Gasteiger charge is 2.25. The number of hydrogen-bond donors (Lipinski definition) is 2. The lowest BCUT2D eigenvalue weighted by molar-refractivity contribution is -0.120. The van der Waals surface area contributed by atoms with Gasteiger partial charge in [-0.1, -0.05) is 24.6 Å². The number of methoxy groups -OCH3 is 1. The van der Waals surface area contributed by atoms with Gasteiger partial charge in [-0.25, -0.2) is 0 Å². The molecule has 2 aromatic rings. The lowest BCUT2D eigenvalue weighted by Crippen LogP contribution is -2.43. The van der Waals surface area contributed by atoms with Crippen molar-refractivity contribution in [2.75, 3.05) is 40.1 Å². The number of likely N-dealkylation sites (tertiary alicyclic amines) is 1. The van der Waals surface area contributed by atoms with Crippen molar-refractivity contribution < 1.29 is 23.8 Å². The molecule has 0 radical (unpaired) electrons. The molecule has 4 rings (SSSR count). The van der Waals surface area contributed by atoms with E-state index in [2.05, 4.69) is 15.5 Å². The lowest BCUT2D eigenvalue weighted by atomic mass is 10.0. The Morgan fingerprint density at radius 3 is 2.62 bits per heavy atom. The number of benzene rings is 2. The van der Waals surface area contributed by atoms with Crippen LogP contribution < -0.4 is 24.8 Å². The van der Waals surface area contributed by atoms with Gasteiger partial charge in [0.15, 0.2) is 11.5 Å². The van der Waals surface area contributed by atoms with E-state index in [1.54, 1.807) is 25.3 Å². The second-order valence-electron chi connectivity index (χ2n) is 7.91. The summed E-state index contributed by atoms with van der Waals surface area (Å²) in [6, 6.07) is 12.9. The molecular weight excluding hydrogens is 410 g/mol. The van der Waals surface area contributed by atoms with Crippen LogP contribution in [0.15, 0.2) is 42.5 Å². The molecule has 0 aliphatic carbocycles. The summed E-state index contributed by atoms with van der Waals surface area (Å²) in [5.74, 6) is 1.38. The largest absolute Gasteiger partial charge is 0.496 e. The third kappa shape index (κ3) is 5.13. The molecule has 0 unspecified atom stereocenters. The molecule has 8 nitrogen and oxygen atoms in total. The maximum absolute atomic E-state index is 12.5. The molecule has 2 aliphatic rings. The van der Waals surface area contributed by atoms with E-state index >= 15 is 0 Å². The first-order valence-electron chi connectivity index (χ1n) is 11.0. The first-order chi connectivity index (χ1) is 15.7. The van der Waals surface area contributed by atoms with Gasteiger partial charge in [-0.3, -0.25) is 14.5 Å². The maximum Gasteiger partial charge on any atom is 0.251 e. The van der Waals surface area contributed by atoms with Gasteiger partial charge in [0.1, 0.15) is 5.75 Å². The molecule has 2 N–H and O–H groups in total. The van der Waals surface area contributed by atoms with E-state index in [-0.39, 0.29) is 31.2 Å². The summed E-state index contributed by atoms with van der Waals surface area (Å²) in [4.78, 5) is 27.3. The van der Waals surface area contributed by atoms with Crippen LogP contribution in [0.3, 0.4) is 0 Å². The van der Waals surface area contributed by atoms with Crippen LogP contribution in [0, 0.1) is 0 Å². The van der Waals surface area contributed by atoms with Crippen LogP contribution in [0.4, 0.5) is 0 Å². The Labute approximate surface area is 187 Å². The van der Waals surface area contributed by atoms with Crippen LogP contribution in [0.25, 0.3) is 0 Å². The Morgan fingerprint density at radius 1 is 1.03 bits per heavy atom. The number of hydrogen-bond acceptors (Lipinski definition) is 6. The molecule has 2 aromatic carbocycles. The van der Waals surface area contributed by atoms with Crippen molar-refractivity contribution in [1.82, 2.24) is 15.5 Å². The molecule has 1 fully saturated rings. The summed E-state index contributed by atoms with van der Waals surface area (Å²) < 4.78 is 16.1. The van der Waals surface area contributed by atoms with Gasteiger partial charge in [-0.05, 0) is 50.2 Å². The van der Waals surface area contributed by atoms with E-state index in [1.807, 2.05) is 24.3 Å². The summed E-state index contributed by atoms with van der Waals surface area (Å²) in [5, 5.41) is 5.65. The molecule has 0 aromatic heterocycles. The van der Waals surface area contributed by atoms with Gasteiger partial charge in [-0.2, -0.15) is 0 Å². The van der Waals surface area contributed by atoms with E-state index in [1.165, 1.54) is 6.42 Å². The second kappa shape index (κ2) is 10.4. The smallest absolute Gasteiger partial charge is 0.251 e. The Morgan fingerprint density at radius 2 is 1.81 bits per heavy atom. The average molecular weight is 440 g/mol. The van der Waals surface area contributed by atoms with Crippen LogP contribution in [0.5, 0.6) is 17.2 Å². The standard InChI is InChI=1S/C24H29N3O5/c1-30-20-8-4-3-7-18(20)19(27-11-5-2-6-12-27)14-25-23(28)15-26-24(29)17-9-10-21-22(13-17)32-16-31-21/h3-4,7-10,13,19H,2,5-6,11-12,14-16H2,1H3,(H,25,28)(H,26,29)/t19-/m0/s1. The van der Waals surface area contributed by atoms with Crippen molar-refractivity contribution in [3.8, 4) is 17.2 Å². The molecule has 2 heterocycles. The fraction of sp³-hybridized carbons (Fsp3) is 0.417. The summed E-state index contributed by atoms with van der Waals surface area (Å²) in [6.45, 7) is 2.46. The van der Waals surface area contributed by atoms with E-state index in [0.29, 0.717) is 23.6 Å². The number of nitrogens with one attached hydrogen (secondary N) is 2. The zero-order valence-corrected chi connectivity index (χ0v) is 18.3. The van der Waals surface area contributed by atoms with E-state index < -0.39 is 0 Å². The second-order valence-corrected chi connectivity index (χ2v) is 7.91. The highest BCUT2D eigenvalue weighted by atomic mass is 16.7. The van der Waals surface area contributed by atoms with Crippen LogP contribution in [-0.2, 0) is 4.79 Å². The first-order valence-corrected chi connectivity index (χ1v) is 11.0. The van der Waals surface area contributed by atoms with Crippen molar-refractivity contribution in [1.29, 1.82) is 0 Å². The number of para-hydroxylation sites is 1. The summed E-state index contributed by atoms with van der Waals surface area (Å²) in [7, 11) is 1.66. The zero-order valence-electron chi connectivity index (χ0n) is 18.3. The van der Waals surface area contributed by atoms with Crippen molar-refractivity contribution in [3.63, 3.8) is 0 Å². The lowest BCUT2D eigenvalue weighted by Gasteiger charge is -2.35. The monoisotopic (exact) mass is 439 g/mol. The molecule has 8 heteroatoms. The van der Waals surface area contributed by atoms with Gasteiger partial charge in [-0.15, -0.1) is 0 Å². The van der Waals surface area contributed by atoms with Crippen LogP contribution in [0.2, 0.25) is 0 Å². The Kier molecular flexibility index (Phi) is 7.11. The fourth-order valence-corrected chi connectivity index (χ4v) is 4.18. The summed E-state index contributed by atoms with van der Waals surface area (Å²) in [5.41, 5.74) is 1.48. The molecule has 32 heavy (non-hydrogen) atoms. The average Bonchev–Trinajstić information content (AvgIpc) is 3.31. The van der Waals surface area contributed by atoms with E-state index in [4.69, 9.17) is 14.2 Å². The first kappa shape index (κ1) is 22.0. The minimum atomic E-state index is -0.337. The minimum Gasteiger partial charge on any atom is -0.496 e. The van der Waals surface area contributed by atoms with Crippen molar-refractivity contribution >= 4 is 11.8 Å². The molecule has 2 aliphatic heterocycles. The predicted molar refractivity (Wildman–Crippen MR) is 119 cm³/mol. The molecule has 0 saturated carbocycles. The third-order valence-corrected chi connectivity index (χ3v) is 5.87. The quantitative estimate of drug-likeness (QED) is 0.657. The van der Waals surface area contributed by atoms with Gasteiger partial charge < -0.3 is 24.8 Å². The Bertz CT molecular complexity index is 958. The number of ether oxygens (including phenoxy) is 3. The van der Waals surface area contributed by atoms with Gasteiger partial charge in [0.25, 0.3) is 5.91 Å². The molecule has 0 spiro atoms. The van der Waals surface area contributed by atoms with Crippen LogP contribution in [0.1, 0.15) is 41.2 Å². The fourth-order valence-electron chi connectivity index (χ4n) is 4.18. The number of fused-ring (bicyclic) bond motifs is 1. The van der Waals surface area contributed by atoms with Gasteiger partial charge >= 0.3 is 0 Å². The SMILES string of the molecule is COc1ccccc1[C@H](CNC(=O)CNC(=O)c1ccc2c(c1)OCO2)N1CCCCC1. The number of rotatable bonds is 8. The van der Waals surface area contributed by atoms with Crippen molar-refractivity contribution in [3.05, 3.63) is 53.6 Å². The maximum atomic E-state index is 12.5. The minimum absolute atomic E-state index is 0.0139. The van der Waals surface area contributed by atoms with E-state index in [0.717, 1.165) is 37.2 Å². The highest BCUT2D eigenvalue weighted by Crippen LogP contribution is 2.32. The topological polar surface area (TPSA) is 89.1 Å². The van der Waals surface area contributed by atoms with Crippen LogP contribution >= 0.6 is 0 Å². The highest BCUT2D eigenvalue weighted by molar-refractivity contribution is 5.97. The number of carbonyl (C=O) groups is 2. The number of amides is 2. The van der Waals surface area contributed by atoms with Crippen molar-refractivity contribution in [2.24, 2.45) is 0 Å². The molecular formula is C24H29N3O5. The normalized spacial score (nSPS) is 16.3. The number of carbonyl (C=O) groups excluding carboxylic acids is 2. The predicted octanol–water partition coefficient (Wildman–Crippen LogP) is 2.50. The van der Waals surface area contributed by atoms with Gasteiger partial charge in [0, 0.05) is 17.7 Å². The van der Waals surface area contributed by atoms with Crippen LogP contribution in [-0.4, -0.2) is 56.8 Å². The summed E-state index contributed by atoms with van der Waals surface area (Å²) in [6.07, 6.45) is 3.52.